The van der Waals surface area contributed by atoms with Gasteiger partial charge in [-0.3, -0.25) is 10.1 Å². The van der Waals surface area contributed by atoms with Gasteiger partial charge in [-0.15, -0.1) is 11.3 Å². The van der Waals surface area contributed by atoms with E-state index in [0.29, 0.717) is 46.8 Å². The third-order valence-electron chi connectivity index (χ3n) is 4.84. The van der Waals surface area contributed by atoms with E-state index in [2.05, 4.69) is 23.6 Å². The van der Waals surface area contributed by atoms with Crippen molar-refractivity contribution in [2.24, 2.45) is 5.92 Å². The first-order valence-corrected chi connectivity index (χ1v) is 11.2. The summed E-state index contributed by atoms with van der Waals surface area (Å²) in [6.07, 6.45) is 2.96. The molecule has 1 aliphatic carbocycles. The van der Waals surface area contributed by atoms with Gasteiger partial charge in [0, 0.05) is 16.5 Å². The molecule has 0 saturated heterocycles. The third kappa shape index (κ3) is 5.10. The van der Waals surface area contributed by atoms with Crippen molar-refractivity contribution in [2.75, 3.05) is 18.5 Å². The molecule has 6 nitrogen and oxygen atoms in total. The van der Waals surface area contributed by atoms with E-state index in [4.69, 9.17) is 21.7 Å². The Labute approximate surface area is 186 Å². The van der Waals surface area contributed by atoms with Crippen LogP contribution in [0.3, 0.4) is 0 Å². The van der Waals surface area contributed by atoms with Gasteiger partial charge in [0.15, 0.2) is 5.11 Å². The highest BCUT2D eigenvalue weighted by molar-refractivity contribution is 7.80. The molecule has 2 aromatic rings. The van der Waals surface area contributed by atoms with E-state index in [1.165, 1.54) is 4.88 Å². The zero-order valence-electron chi connectivity index (χ0n) is 17.3. The molecule has 1 heterocycles. The van der Waals surface area contributed by atoms with Crippen molar-refractivity contribution in [3.8, 4) is 17.6 Å². The van der Waals surface area contributed by atoms with Crippen LogP contribution in [0.4, 0.5) is 5.00 Å². The molecule has 0 fully saturated rings. The van der Waals surface area contributed by atoms with Crippen LogP contribution in [0.15, 0.2) is 18.2 Å². The first-order chi connectivity index (χ1) is 14.4. The maximum Gasteiger partial charge on any atom is 0.257 e. The lowest BCUT2D eigenvalue weighted by molar-refractivity contribution is 0.0976. The van der Waals surface area contributed by atoms with Crippen molar-refractivity contribution in [2.45, 2.75) is 40.0 Å². The van der Waals surface area contributed by atoms with Gasteiger partial charge in [-0.2, -0.15) is 5.26 Å². The van der Waals surface area contributed by atoms with Gasteiger partial charge in [0.25, 0.3) is 5.91 Å². The van der Waals surface area contributed by atoms with E-state index < -0.39 is 0 Å². The average molecular weight is 444 g/mol. The summed E-state index contributed by atoms with van der Waals surface area (Å²) in [5.41, 5.74) is 2.13. The highest BCUT2D eigenvalue weighted by Crippen LogP contribution is 2.39. The Hall–Kier alpha value is -2.63. The zero-order chi connectivity index (χ0) is 21.7. The maximum atomic E-state index is 12.7. The maximum absolute atomic E-state index is 12.7. The molecule has 8 heteroatoms. The van der Waals surface area contributed by atoms with Crippen molar-refractivity contribution in [3.05, 3.63) is 39.8 Å². The monoisotopic (exact) mass is 443 g/mol. The Morgan fingerprint density at radius 3 is 2.53 bits per heavy atom. The largest absolute Gasteiger partial charge is 0.494 e. The van der Waals surface area contributed by atoms with Gasteiger partial charge in [-0.25, -0.2) is 0 Å². The third-order valence-corrected chi connectivity index (χ3v) is 6.22. The van der Waals surface area contributed by atoms with Crippen molar-refractivity contribution in [1.82, 2.24) is 5.32 Å². The lowest BCUT2D eigenvalue weighted by Crippen LogP contribution is -2.34. The normalized spacial score (nSPS) is 14.9. The number of carbonyl (C=O) groups is 1. The Kier molecular flexibility index (Phi) is 7.29. The number of hydrogen-bond acceptors (Lipinski definition) is 6. The molecule has 1 aliphatic rings. The highest BCUT2D eigenvalue weighted by Gasteiger charge is 2.24. The van der Waals surface area contributed by atoms with E-state index in [0.717, 1.165) is 24.8 Å². The van der Waals surface area contributed by atoms with Crippen LogP contribution in [-0.2, 0) is 12.8 Å². The molecule has 2 N–H and O–H groups in total. The molecular formula is C22H25N3O3S2. The quantitative estimate of drug-likeness (QED) is 0.632. The van der Waals surface area contributed by atoms with E-state index >= 15 is 0 Å². The number of fused-ring (bicyclic) bond motifs is 1. The number of nitriles is 1. The SMILES string of the molecule is CCOc1cc(OCC)cc(C(=O)NC(=S)Nc2sc3c(c2C#N)CC[C@@H](C)C3)c1. The summed E-state index contributed by atoms with van der Waals surface area (Å²) >= 11 is 6.89. The second kappa shape index (κ2) is 9.92. The van der Waals surface area contributed by atoms with Crippen LogP contribution in [0.1, 0.15) is 53.6 Å². The van der Waals surface area contributed by atoms with Crippen molar-refractivity contribution < 1.29 is 14.3 Å². The number of carbonyl (C=O) groups excluding carboxylic acids is 1. The number of ether oxygens (including phenoxy) is 2. The smallest absolute Gasteiger partial charge is 0.257 e. The fraction of sp³-hybridized carbons (Fsp3) is 0.409. The predicted octanol–water partition coefficient (Wildman–Crippen LogP) is 4.67. The summed E-state index contributed by atoms with van der Waals surface area (Å²) in [5.74, 6) is 1.35. The molecule has 0 radical (unpaired) electrons. The molecule has 0 saturated carbocycles. The lowest BCUT2D eigenvalue weighted by atomic mass is 9.89. The topological polar surface area (TPSA) is 83.4 Å². The van der Waals surface area contributed by atoms with Gasteiger partial charge < -0.3 is 14.8 Å². The van der Waals surface area contributed by atoms with Crippen molar-refractivity contribution in [3.63, 3.8) is 0 Å². The molecule has 1 atom stereocenters. The molecular weight excluding hydrogens is 418 g/mol. The molecule has 0 bridgehead atoms. The Morgan fingerprint density at radius 1 is 1.27 bits per heavy atom. The van der Waals surface area contributed by atoms with Gasteiger partial charge in [0.2, 0.25) is 0 Å². The van der Waals surface area contributed by atoms with E-state index in [9.17, 15) is 10.1 Å². The standard InChI is InChI=1S/C22H25N3O3S2/c1-4-27-15-9-14(10-16(11-15)28-5-2)20(26)24-22(29)25-21-18(12-23)17-7-6-13(3)8-19(17)30-21/h9-11,13H,4-8H2,1-3H3,(H2,24,25,26,29)/t13-/m1/s1. The first kappa shape index (κ1) is 22.1. The average Bonchev–Trinajstić information content (AvgIpc) is 3.03. The highest BCUT2D eigenvalue weighted by atomic mass is 32.1. The molecule has 1 aromatic carbocycles. The van der Waals surface area contributed by atoms with Crippen LogP contribution in [-0.4, -0.2) is 24.2 Å². The van der Waals surface area contributed by atoms with Gasteiger partial charge in [-0.05, 0) is 68.9 Å². The lowest BCUT2D eigenvalue weighted by Gasteiger charge is -2.17. The van der Waals surface area contributed by atoms with Gasteiger partial charge in [-0.1, -0.05) is 6.92 Å². The summed E-state index contributed by atoms with van der Waals surface area (Å²) < 4.78 is 11.1. The second-order valence-electron chi connectivity index (χ2n) is 7.14. The Balaban J connectivity index is 1.74. The zero-order valence-corrected chi connectivity index (χ0v) is 19.0. The fourth-order valence-electron chi connectivity index (χ4n) is 3.47. The summed E-state index contributed by atoms with van der Waals surface area (Å²) in [7, 11) is 0. The summed E-state index contributed by atoms with van der Waals surface area (Å²) in [5, 5.41) is 16.2. The van der Waals surface area contributed by atoms with Crippen LogP contribution in [0.25, 0.3) is 0 Å². The van der Waals surface area contributed by atoms with Crippen molar-refractivity contribution in [1.29, 1.82) is 5.26 Å². The second-order valence-corrected chi connectivity index (χ2v) is 8.65. The molecule has 158 valence electrons. The summed E-state index contributed by atoms with van der Waals surface area (Å²) in [6.45, 7) is 6.94. The van der Waals surface area contributed by atoms with Crippen LogP contribution in [0, 0.1) is 17.2 Å². The number of anilines is 1. The Morgan fingerprint density at radius 2 is 1.93 bits per heavy atom. The molecule has 0 unspecified atom stereocenters. The molecule has 1 aromatic heterocycles. The number of benzene rings is 1. The van der Waals surface area contributed by atoms with Crippen LogP contribution in [0.5, 0.6) is 11.5 Å². The molecule has 0 spiro atoms. The van der Waals surface area contributed by atoms with Gasteiger partial charge in [0.05, 0.1) is 18.8 Å². The van der Waals surface area contributed by atoms with E-state index in [1.54, 1.807) is 29.5 Å². The molecule has 30 heavy (non-hydrogen) atoms. The van der Waals surface area contributed by atoms with E-state index in [-0.39, 0.29) is 11.0 Å². The summed E-state index contributed by atoms with van der Waals surface area (Å²) in [6, 6.07) is 7.34. The van der Waals surface area contributed by atoms with Crippen LogP contribution in [0.2, 0.25) is 0 Å². The van der Waals surface area contributed by atoms with Crippen LogP contribution >= 0.6 is 23.6 Å². The Bertz CT molecular complexity index is 970. The van der Waals surface area contributed by atoms with Crippen molar-refractivity contribution >= 4 is 39.6 Å². The number of nitrogens with one attached hydrogen (secondary N) is 2. The fourth-order valence-corrected chi connectivity index (χ4v) is 5.09. The molecule has 3 rings (SSSR count). The summed E-state index contributed by atoms with van der Waals surface area (Å²) in [4.78, 5) is 14.0. The number of amides is 1. The number of nitrogens with zero attached hydrogens (tertiary/aromatic N) is 1. The van der Waals surface area contributed by atoms with Gasteiger partial charge >= 0.3 is 0 Å². The number of rotatable bonds is 6. The minimum atomic E-state index is -0.372. The van der Waals surface area contributed by atoms with E-state index in [1.807, 2.05) is 13.8 Å². The minimum Gasteiger partial charge on any atom is -0.494 e. The predicted molar refractivity (Wildman–Crippen MR) is 123 cm³/mol. The van der Waals surface area contributed by atoms with Gasteiger partial charge in [0.1, 0.15) is 22.6 Å². The van der Waals surface area contributed by atoms with Crippen LogP contribution < -0.4 is 20.1 Å². The minimum absolute atomic E-state index is 0.155. The number of hydrogen-bond donors (Lipinski definition) is 2. The molecule has 0 aliphatic heterocycles. The first-order valence-electron chi connectivity index (χ1n) is 10.0. The number of thiocarbonyl (C=S) groups is 1. The number of thiophene rings is 1. The molecule has 1 amide bonds.